The molecule has 0 saturated heterocycles. The lowest BCUT2D eigenvalue weighted by atomic mass is 9.94. The van der Waals surface area contributed by atoms with E-state index in [4.69, 9.17) is 15.2 Å². The monoisotopic (exact) mass is 315 g/mol. The van der Waals surface area contributed by atoms with Gasteiger partial charge in [0.25, 0.3) is 0 Å². The molecule has 98 valence electrons. The first kappa shape index (κ1) is 13.2. The number of aliphatic carboxylic acids is 1. The maximum absolute atomic E-state index is 11.2. The number of carboxylic acids is 1. The van der Waals surface area contributed by atoms with Crippen LogP contribution in [0.1, 0.15) is 17.0 Å². The molecule has 1 unspecified atom stereocenters. The average molecular weight is 316 g/mol. The fourth-order valence-corrected chi connectivity index (χ4v) is 2.52. The van der Waals surface area contributed by atoms with Crippen molar-refractivity contribution in [3.63, 3.8) is 0 Å². The molecule has 0 aliphatic carbocycles. The van der Waals surface area contributed by atoms with Crippen molar-refractivity contribution < 1.29 is 19.4 Å². The topological polar surface area (TPSA) is 81.8 Å². The number of hydrogen-bond donors (Lipinski definition) is 2. The van der Waals surface area contributed by atoms with Gasteiger partial charge in [0.2, 0.25) is 0 Å². The van der Waals surface area contributed by atoms with E-state index in [1.165, 1.54) is 0 Å². The summed E-state index contributed by atoms with van der Waals surface area (Å²) in [6.45, 7) is 2.83. The lowest BCUT2D eigenvalue weighted by Crippen LogP contribution is -2.23. The van der Waals surface area contributed by atoms with Crippen LogP contribution in [0.25, 0.3) is 0 Å². The number of benzene rings is 1. The third-order valence-electron chi connectivity index (χ3n) is 2.97. The molecule has 1 aliphatic rings. The molecule has 5 nitrogen and oxygen atoms in total. The van der Waals surface area contributed by atoms with Gasteiger partial charge in [-0.3, -0.25) is 4.79 Å². The number of rotatable bonds is 3. The molecule has 18 heavy (non-hydrogen) atoms. The maximum Gasteiger partial charge on any atom is 0.312 e. The van der Waals surface area contributed by atoms with Gasteiger partial charge < -0.3 is 20.3 Å². The van der Waals surface area contributed by atoms with E-state index in [0.29, 0.717) is 30.3 Å². The first-order chi connectivity index (χ1) is 8.56. The van der Waals surface area contributed by atoms with E-state index in [2.05, 4.69) is 15.9 Å². The second kappa shape index (κ2) is 5.16. The van der Waals surface area contributed by atoms with E-state index in [-0.39, 0.29) is 6.54 Å². The van der Waals surface area contributed by atoms with Crippen molar-refractivity contribution in [3.05, 3.63) is 21.7 Å². The Labute approximate surface area is 113 Å². The summed E-state index contributed by atoms with van der Waals surface area (Å²) in [5.41, 5.74) is 7.00. The molecule has 0 aromatic heterocycles. The Hall–Kier alpha value is -1.27. The van der Waals surface area contributed by atoms with E-state index in [1.807, 2.05) is 6.92 Å². The van der Waals surface area contributed by atoms with Gasteiger partial charge in [-0.1, -0.05) is 0 Å². The van der Waals surface area contributed by atoms with E-state index >= 15 is 0 Å². The quantitative estimate of drug-likeness (QED) is 0.886. The van der Waals surface area contributed by atoms with Gasteiger partial charge in [-0.25, -0.2) is 0 Å². The molecule has 1 heterocycles. The molecule has 1 atom stereocenters. The summed E-state index contributed by atoms with van der Waals surface area (Å²) < 4.78 is 11.7. The Bertz CT molecular complexity index is 489. The summed E-state index contributed by atoms with van der Waals surface area (Å²) in [5, 5.41) is 9.18. The van der Waals surface area contributed by atoms with Crippen LogP contribution < -0.4 is 15.2 Å². The highest BCUT2D eigenvalue weighted by molar-refractivity contribution is 9.10. The van der Waals surface area contributed by atoms with Crippen LogP contribution in [0.15, 0.2) is 10.5 Å². The highest BCUT2D eigenvalue weighted by Gasteiger charge is 2.26. The van der Waals surface area contributed by atoms with Crippen molar-refractivity contribution in [2.24, 2.45) is 5.73 Å². The zero-order valence-corrected chi connectivity index (χ0v) is 11.5. The molecule has 3 N–H and O–H groups in total. The van der Waals surface area contributed by atoms with E-state index in [0.717, 1.165) is 10.0 Å². The van der Waals surface area contributed by atoms with Gasteiger partial charge >= 0.3 is 5.97 Å². The smallest absolute Gasteiger partial charge is 0.312 e. The molecule has 0 radical (unpaired) electrons. The third-order valence-corrected chi connectivity index (χ3v) is 3.92. The molecule has 1 aliphatic heterocycles. The maximum atomic E-state index is 11.2. The zero-order chi connectivity index (χ0) is 13.3. The van der Waals surface area contributed by atoms with Crippen molar-refractivity contribution in [1.82, 2.24) is 0 Å². The summed E-state index contributed by atoms with van der Waals surface area (Å²) in [7, 11) is 0. The Kier molecular flexibility index (Phi) is 3.77. The molecule has 0 spiro atoms. The van der Waals surface area contributed by atoms with Gasteiger partial charge in [-0.2, -0.15) is 0 Å². The molecule has 0 fully saturated rings. The summed E-state index contributed by atoms with van der Waals surface area (Å²) in [5.74, 6) is -0.488. The minimum Gasteiger partial charge on any atom is -0.486 e. The number of carbonyl (C=O) groups is 1. The summed E-state index contributed by atoms with van der Waals surface area (Å²) in [4.78, 5) is 11.2. The summed E-state index contributed by atoms with van der Waals surface area (Å²) >= 11 is 3.42. The van der Waals surface area contributed by atoms with E-state index in [9.17, 15) is 9.90 Å². The van der Waals surface area contributed by atoms with Crippen molar-refractivity contribution in [2.45, 2.75) is 12.8 Å². The van der Waals surface area contributed by atoms with Crippen LogP contribution in [0.5, 0.6) is 11.5 Å². The molecule has 1 aromatic rings. The minimum atomic E-state index is -0.941. The molecule has 0 saturated carbocycles. The van der Waals surface area contributed by atoms with Gasteiger partial charge in [0.15, 0.2) is 11.5 Å². The molecule has 0 bridgehead atoms. The Balaban J connectivity index is 2.55. The number of hydrogen-bond acceptors (Lipinski definition) is 4. The fraction of sp³-hybridized carbons (Fsp3) is 0.417. The molecule has 6 heteroatoms. The van der Waals surface area contributed by atoms with Crippen molar-refractivity contribution in [2.75, 3.05) is 19.8 Å². The standard InChI is InChI=1S/C12H14BrNO4/c1-6-7(8(5-14)12(15)16)4-9-11(10(6)13)18-3-2-17-9/h4,8H,2-3,5,14H2,1H3,(H,15,16). The largest absolute Gasteiger partial charge is 0.486 e. The first-order valence-corrected chi connectivity index (χ1v) is 6.37. The number of carboxylic acid groups (broad SMARTS) is 1. The van der Waals surface area contributed by atoms with Crippen LogP contribution in [0.3, 0.4) is 0 Å². The van der Waals surface area contributed by atoms with Crippen LogP contribution in [0.4, 0.5) is 0 Å². The molecule has 2 rings (SSSR count). The van der Waals surface area contributed by atoms with Crippen molar-refractivity contribution in [3.8, 4) is 11.5 Å². The van der Waals surface area contributed by atoms with E-state index < -0.39 is 11.9 Å². The molecule has 1 aromatic carbocycles. The number of fused-ring (bicyclic) bond motifs is 1. The summed E-state index contributed by atoms with van der Waals surface area (Å²) in [6.07, 6.45) is 0. The predicted octanol–water partition coefficient (Wildman–Crippen LogP) is 1.66. The molecular formula is C12H14BrNO4. The van der Waals surface area contributed by atoms with Gasteiger partial charge in [0.1, 0.15) is 13.2 Å². The SMILES string of the molecule is Cc1c(C(CN)C(=O)O)cc2c(c1Br)OCCO2. The molecular weight excluding hydrogens is 302 g/mol. The van der Waals surface area contributed by atoms with Crippen LogP contribution in [0, 0.1) is 6.92 Å². The van der Waals surface area contributed by atoms with Crippen LogP contribution in [0.2, 0.25) is 0 Å². The highest BCUT2D eigenvalue weighted by Crippen LogP contribution is 2.43. The third kappa shape index (κ3) is 2.18. The van der Waals surface area contributed by atoms with Crippen LogP contribution >= 0.6 is 15.9 Å². The lowest BCUT2D eigenvalue weighted by Gasteiger charge is -2.24. The Morgan fingerprint density at radius 3 is 2.83 bits per heavy atom. The van der Waals surface area contributed by atoms with Crippen molar-refractivity contribution >= 4 is 21.9 Å². The highest BCUT2D eigenvalue weighted by atomic mass is 79.9. The Morgan fingerprint density at radius 1 is 1.56 bits per heavy atom. The first-order valence-electron chi connectivity index (χ1n) is 5.57. The minimum absolute atomic E-state index is 0.0439. The van der Waals surface area contributed by atoms with Crippen molar-refractivity contribution in [1.29, 1.82) is 0 Å². The second-order valence-corrected chi connectivity index (χ2v) is 4.85. The van der Waals surface area contributed by atoms with Gasteiger partial charge in [0.05, 0.1) is 10.4 Å². The lowest BCUT2D eigenvalue weighted by molar-refractivity contribution is -0.138. The number of ether oxygens (including phenoxy) is 2. The van der Waals surface area contributed by atoms with Gasteiger partial charge in [0, 0.05) is 6.54 Å². The van der Waals surface area contributed by atoms with Crippen LogP contribution in [-0.2, 0) is 4.79 Å². The Morgan fingerprint density at radius 2 is 2.22 bits per heavy atom. The summed E-state index contributed by atoms with van der Waals surface area (Å²) in [6, 6.07) is 1.71. The van der Waals surface area contributed by atoms with Crippen LogP contribution in [-0.4, -0.2) is 30.8 Å². The predicted molar refractivity (Wildman–Crippen MR) is 69.3 cm³/mol. The van der Waals surface area contributed by atoms with Gasteiger partial charge in [-0.15, -0.1) is 0 Å². The normalized spacial score (nSPS) is 15.3. The number of halogens is 1. The molecule has 0 amide bonds. The average Bonchev–Trinajstić information content (AvgIpc) is 2.36. The fourth-order valence-electron chi connectivity index (χ4n) is 1.98. The number of nitrogens with two attached hydrogens (primary N) is 1. The second-order valence-electron chi connectivity index (χ2n) is 4.06. The van der Waals surface area contributed by atoms with E-state index in [1.54, 1.807) is 6.07 Å². The zero-order valence-electron chi connectivity index (χ0n) is 9.90. The van der Waals surface area contributed by atoms with Gasteiger partial charge in [-0.05, 0) is 40.0 Å².